The van der Waals surface area contributed by atoms with Gasteiger partial charge in [0, 0.05) is 67.6 Å². The largest absolute Gasteiger partial charge is 0.491 e. The van der Waals surface area contributed by atoms with Gasteiger partial charge in [0.05, 0.1) is 30.2 Å². The Morgan fingerprint density at radius 2 is 1.60 bits per heavy atom. The summed E-state index contributed by atoms with van der Waals surface area (Å²) in [5.41, 5.74) is 3.66. The number of rotatable bonds is 9. The first kappa shape index (κ1) is 31.3. The molecule has 4 heterocycles. The molecule has 2 fully saturated rings. The highest BCUT2D eigenvalue weighted by Gasteiger charge is 2.45. The summed E-state index contributed by atoms with van der Waals surface area (Å²) in [6.45, 7) is 6.45. The number of piperazine rings is 1. The van der Waals surface area contributed by atoms with Gasteiger partial charge in [0.15, 0.2) is 0 Å². The molecule has 2 aliphatic heterocycles. The molecule has 2 atom stereocenters. The first-order valence-electron chi connectivity index (χ1n) is 15.5. The molecular formula is C34H35Cl2N7O4. The maximum Gasteiger partial charge on any atom is 0.350 e. The fraction of sp³-hybridized carbons (Fsp3) is 0.324. The third-order valence-corrected chi connectivity index (χ3v) is 9.18. The van der Waals surface area contributed by atoms with Crippen molar-refractivity contribution in [3.63, 3.8) is 0 Å². The number of hydrogen-bond donors (Lipinski definition) is 0. The SMILES string of the molecule is Cc1nn(C)c(=O)n1-c1ccc(N2CCN(c3ccc(OCC4COC(Cn5ccnc5)(c5ccc(Cl)cc5Cl)O4)cc3)CC2)cc1. The molecule has 2 aliphatic rings. The standard InChI is InChI=1S/C34H35Cl2N7O4/c1-24-38-39(2)33(44)43(24)28-6-4-26(5-7-28)41-15-17-42(18-16-41)27-8-10-29(11-9-27)45-20-30-21-46-34(47-30,22-40-14-13-37-23-40)31-12-3-25(35)19-32(31)36/h3-14,19,23,30H,15-18,20-22H2,1-2H3. The molecule has 0 amide bonds. The summed E-state index contributed by atoms with van der Waals surface area (Å²) in [5, 5.41) is 5.24. The number of aromatic nitrogens is 5. The van der Waals surface area contributed by atoms with Gasteiger partial charge in [-0.1, -0.05) is 29.3 Å². The highest BCUT2D eigenvalue weighted by molar-refractivity contribution is 6.35. The number of imidazole rings is 1. The second-order valence-electron chi connectivity index (χ2n) is 11.7. The Balaban J connectivity index is 0.936. The summed E-state index contributed by atoms with van der Waals surface area (Å²) in [7, 11) is 1.66. The molecule has 0 spiro atoms. The van der Waals surface area contributed by atoms with Crippen LogP contribution in [0, 0.1) is 6.92 Å². The Kier molecular flexibility index (Phi) is 8.71. The van der Waals surface area contributed by atoms with Crippen molar-refractivity contribution in [1.82, 2.24) is 23.9 Å². The van der Waals surface area contributed by atoms with E-state index >= 15 is 0 Å². The molecule has 13 heteroatoms. The van der Waals surface area contributed by atoms with E-state index in [0.717, 1.165) is 49.0 Å². The summed E-state index contributed by atoms with van der Waals surface area (Å²) < 4.78 is 23.8. The lowest BCUT2D eigenvalue weighted by molar-refractivity contribution is -0.189. The summed E-state index contributed by atoms with van der Waals surface area (Å²) >= 11 is 12.8. The van der Waals surface area contributed by atoms with E-state index in [1.54, 1.807) is 36.3 Å². The molecular weight excluding hydrogens is 641 g/mol. The van der Waals surface area contributed by atoms with Gasteiger partial charge in [-0.3, -0.25) is 0 Å². The number of halogens is 2. The van der Waals surface area contributed by atoms with Gasteiger partial charge >= 0.3 is 5.69 Å². The minimum atomic E-state index is -1.09. The van der Waals surface area contributed by atoms with Crippen LogP contribution in [0.4, 0.5) is 11.4 Å². The topological polar surface area (TPSA) is 91.8 Å². The van der Waals surface area contributed by atoms with Gasteiger partial charge < -0.3 is 28.6 Å². The number of anilines is 2. The molecule has 47 heavy (non-hydrogen) atoms. The Morgan fingerprint density at radius 1 is 0.936 bits per heavy atom. The molecule has 11 nitrogen and oxygen atoms in total. The number of benzene rings is 3. The molecule has 0 saturated carbocycles. The molecule has 3 aromatic carbocycles. The maximum atomic E-state index is 12.4. The molecule has 244 valence electrons. The molecule has 0 aliphatic carbocycles. The van der Waals surface area contributed by atoms with Crippen LogP contribution in [-0.2, 0) is 28.9 Å². The van der Waals surface area contributed by atoms with Crippen LogP contribution in [0.3, 0.4) is 0 Å². The first-order valence-corrected chi connectivity index (χ1v) is 16.2. The first-order chi connectivity index (χ1) is 22.8. The zero-order valence-electron chi connectivity index (χ0n) is 26.1. The van der Waals surface area contributed by atoms with Gasteiger partial charge in [-0.05, 0) is 67.6 Å². The van der Waals surface area contributed by atoms with Crippen molar-refractivity contribution in [2.45, 2.75) is 25.4 Å². The second kappa shape index (κ2) is 13.1. The zero-order chi connectivity index (χ0) is 32.5. The van der Waals surface area contributed by atoms with E-state index in [1.807, 2.05) is 48.0 Å². The third kappa shape index (κ3) is 6.48. The smallest absolute Gasteiger partial charge is 0.350 e. The number of nitrogens with zero attached hydrogens (tertiary/aromatic N) is 7. The molecule has 0 N–H and O–H groups in total. The third-order valence-electron chi connectivity index (χ3n) is 8.63. The number of ether oxygens (including phenoxy) is 3. The maximum absolute atomic E-state index is 12.4. The Bertz CT molecular complexity index is 1890. The predicted molar refractivity (Wildman–Crippen MR) is 181 cm³/mol. The Morgan fingerprint density at radius 3 is 2.19 bits per heavy atom. The highest BCUT2D eigenvalue weighted by atomic mass is 35.5. The lowest BCUT2D eigenvalue weighted by atomic mass is 10.1. The predicted octanol–water partition coefficient (Wildman–Crippen LogP) is 5.06. The van der Waals surface area contributed by atoms with Crippen LogP contribution in [0.5, 0.6) is 5.75 Å². The quantitative estimate of drug-likeness (QED) is 0.214. The van der Waals surface area contributed by atoms with Crippen LogP contribution in [0.15, 0.2) is 90.2 Å². The van der Waals surface area contributed by atoms with E-state index < -0.39 is 5.79 Å². The molecule has 5 aromatic rings. The van der Waals surface area contributed by atoms with E-state index in [1.165, 1.54) is 4.68 Å². The van der Waals surface area contributed by atoms with Crippen molar-refractivity contribution in [3.05, 3.63) is 117 Å². The Hall–Kier alpha value is -4.29. The highest BCUT2D eigenvalue weighted by Crippen LogP contribution is 2.40. The van der Waals surface area contributed by atoms with Crippen LogP contribution < -0.4 is 20.2 Å². The minimum Gasteiger partial charge on any atom is -0.491 e. The van der Waals surface area contributed by atoms with Gasteiger partial charge in [0.1, 0.15) is 24.3 Å². The lowest BCUT2D eigenvalue weighted by Gasteiger charge is -2.37. The van der Waals surface area contributed by atoms with Crippen LogP contribution in [-0.4, -0.2) is 69.4 Å². The Labute approximate surface area is 282 Å². The summed E-state index contributed by atoms with van der Waals surface area (Å²) in [4.78, 5) is 21.3. The van der Waals surface area contributed by atoms with E-state index in [2.05, 4.69) is 44.1 Å². The van der Waals surface area contributed by atoms with Crippen LogP contribution in [0.1, 0.15) is 11.4 Å². The average molecular weight is 677 g/mol. The zero-order valence-corrected chi connectivity index (χ0v) is 27.6. The van der Waals surface area contributed by atoms with Crippen molar-refractivity contribution in [3.8, 4) is 11.4 Å². The van der Waals surface area contributed by atoms with Crippen molar-refractivity contribution in [2.75, 3.05) is 49.2 Å². The lowest BCUT2D eigenvalue weighted by Crippen LogP contribution is -2.46. The average Bonchev–Trinajstić information content (AvgIpc) is 3.80. The summed E-state index contributed by atoms with van der Waals surface area (Å²) in [5.74, 6) is 0.331. The number of hydrogen-bond acceptors (Lipinski definition) is 8. The summed E-state index contributed by atoms with van der Waals surface area (Å²) in [6.07, 6.45) is 4.98. The van der Waals surface area contributed by atoms with Gasteiger partial charge in [0.2, 0.25) is 5.79 Å². The van der Waals surface area contributed by atoms with E-state index in [-0.39, 0.29) is 11.8 Å². The van der Waals surface area contributed by atoms with Crippen LogP contribution >= 0.6 is 23.2 Å². The van der Waals surface area contributed by atoms with Gasteiger partial charge in [-0.15, -0.1) is 0 Å². The van der Waals surface area contributed by atoms with Crippen molar-refractivity contribution in [2.24, 2.45) is 7.05 Å². The van der Waals surface area contributed by atoms with Crippen molar-refractivity contribution >= 4 is 34.6 Å². The fourth-order valence-corrected chi connectivity index (χ4v) is 6.79. The van der Waals surface area contributed by atoms with Crippen molar-refractivity contribution in [1.29, 1.82) is 0 Å². The monoisotopic (exact) mass is 675 g/mol. The van der Waals surface area contributed by atoms with E-state index in [4.69, 9.17) is 37.4 Å². The summed E-state index contributed by atoms with van der Waals surface area (Å²) in [6, 6.07) is 21.6. The van der Waals surface area contributed by atoms with Gasteiger partial charge in [-0.25, -0.2) is 19.0 Å². The second-order valence-corrected chi connectivity index (χ2v) is 12.6. The van der Waals surface area contributed by atoms with Gasteiger partial charge in [0.25, 0.3) is 0 Å². The molecule has 2 unspecified atom stereocenters. The minimum absolute atomic E-state index is 0.149. The van der Waals surface area contributed by atoms with Crippen molar-refractivity contribution < 1.29 is 14.2 Å². The molecule has 0 bridgehead atoms. The molecule has 2 aromatic heterocycles. The van der Waals surface area contributed by atoms with E-state index in [0.29, 0.717) is 41.2 Å². The normalized spacial score (nSPS) is 19.8. The van der Waals surface area contributed by atoms with Crippen LogP contribution in [0.25, 0.3) is 5.69 Å². The number of aryl methyl sites for hydroxylation is 2. The van der Waals surface area contributed by atoms with Crippen LogP contribution in [0.2, 0.25) is 10.0 Å². The molecule has 0 radical (unpaired) electrons. The molecule has 7 rings (SSSR count). The van der Waals surface area contributed by atoms with E-state index in [9.17, 15) is 4.79 Å². The van der Waals surface area contributed by atoms with Gasteiger partial charge in [-0.2, -0.15) is 5.10 Å². The fourth-order valence-electron chi connectivity index (χ4n) is 6.24. The molecule has 2 saturated heterocycles.